The molecule has 0 spiro atoms. The molecule has 0 saturated carbocycles. The second kappa shape index (κ2) is 8.86. The number of halogens is 3. The van der Waals surface area contributed by atoms with Gasteiger partial charge in [-0.25, -0.2) is 24.1 Å². The number of benzene rings is 2. The Bertz CT molecular complexity index is 1400. The van der Waals surface area contributed by atoms with Crippen molar-refractivity contribution in [3.8, 4) is 11.5 Å². The van der Waals surface area contributed by atoms with E-state index in [2.05, 4.69) is 21.9 Å². The summed E-state index contributed by atoms with van der Waals surface area (Å²) >= 11 is 11.9. The summed E-state index contributed by atoms with van der Waals surface area (Å²) in [6, 6.07) is 3.68. The van der Waals surface area contributed by atoms with E-state index in [9.17, 15) is 9.59 Å². The lowest BCUT2D eigenvalue weighted by Crippen LogP contribution is -2.36. The summed E-state index contributed by atoms with van der Waals surface area (Å²) in [5.41, 5.74) is 0.593. The first kappa shape index (κ1) is 23.1. The van der Waals surface area contributed by atoms with Gasteiger partial charge in [0.15, 0.2) is 23.1 Å². The Hall–Kier alpha value is -3.63. The van der Waals surface area contributed by atoms with Crippen LogP contribution >= 0.6 is 23.2 Å². The molecular weight excluding hydrogens is 500 g/mol. The van der Waals surface area contributed by atoms with E-state index >= 15 is 4.39 Å². The molecule has 1 atom stereocenters. The highest BCUT2D eigenvalue weighted by Crippen LogP contribution is 2.49. The number of ether oxygens (including phenoxy) is 2. The summed E-state index contributed by atoms with van der Waals surface area (Å²) in [5.74, 6) is -0.330. The predicted molar refractivity (Wildman–Crippen MR) is 129 cm³/mol. The number of methoxy groups -OCH3 is 1. The van der Waals surface area contributed by atoms with Gasteiger partial charge in [-0.15, -0.1) is 0 Å². The van der Waals surface area contributed by atoms with Gasteiger partial charge in [-0.2, -0.15) is 0 Å². The van der Waals surface area contributed by atoms with Gasteiger partial charge in [0.05, 0.1) is 40.3 Å². The lowest BCUT2D eigenvalue weighted by atomic mass is 10.1. The fraction of sp³-hybridized carbons (Fsp3) is 0.217. The molecule has 2 aliphatic heterocycles. The number of anilines is 3. The molecule has 1 fully saturated rings. The molecule has 2 aliphatic rings. The second-order valence-electron chi connectivity index (χ2n) is 7.85. The van der Waals surface area contributed by atoms with Crippen molar-refractivity contribution in [3.63, 3.8) is 0 Å². The Morgan fingerprint density at radius 2 is 2.14 bits per heavy atom. The lowest BCUT2D eigenvalue weighted by Gasteiger charge is -2.31. The van der Waals surface area contributed by atoms with Gasteiger partial charge in [-0.1, -0.05) is 29.8 Å². The van der Waals surface area contributed by atoms with Gasteiger partial charge in [0.1, 0.15) is 18.1 Å². The first-order valence-corrected chi connectivity index (χ1v) is 11.3. The Balaban J connectivity index is 1.63. The number of hydrogen-bond acceptors (Lipinski definition) is 6. The summed E-state index contributed by atoms with van der Waals surface area (Å²) in [4.78, 5) is 36.5. The van der Waals surface area contributed by atoms with Gasteiger partial charge in [-0.05, 0) is 18.2 Å². The first-order valence-electron chi connectivity index (χ1n) is 10.5. The molecule has 0 radical (unpaired) electrons. The van der Waals surface area contributed by atoms with Crippen molar-refractivity contribution < 1.29 is 23.5 Å². The van der Waals surface area contributed by atoms with Gasteiger partial charge >= 0.3 is 6.03 Å². The van der Waals surface area contributed by atoms with E-state index in [1.807, 2.05) is 0 Å². The quantitative estimate of drug-likeness (QED) is 0.380. The maximum atomic E-state index is 15.0. The molecule has 1 saturated heterocycles. The van der Waals surface area contributed by atoms with Gasteiger partial charge in [-0.3, -0.25) is 4.79 Å². The molecule has 1 aromatic heterocycles. The minimum atomic E-state index is -0.868. The van der Waals surface area contributed by atoms with Gasteiger partial charge in [0.2, 0.25) is 5.91 Å². The zero-order chi connectivity index (χ0) is 24.9. The first-order chi connectivity index (χ1) is 16.8. The van der Waals surface area contributed by atoms with E-state index in [1.165, 1.54) is 31.6 Å². The molecule has 35 heavy (non-hydrogen) atoms. The zero-order valence-electron chi connectivity index (χ0n) is 18.3. The average molecular weight is 518 g/mol. The van der Waals surface area contributed by atoms with Gasteiger partial charge < -0.3 is 19.7 Å². The van der Waals surface area contributed by atoms with Crippen molar-refractivity contribution in [1.82, 2.24) is 14.9 Å². The summed E-state index contributed by atoms with van der Waals surface area (Å²) in [6.07, 6.45) is 2.74. The van der Waals surface area contributed by atoms with Crippen molar-refractivity contribution in [1.29, 1.82) is 0 Å². The van der Waals surface area contributed by atoms with Crippen molar-refractivity contribution in [2.24, 2.45) is 0 Å². The van der Waals surface area contributed by atoms with Crippen LogP contribution in [0.5, 0.6) is 11.5 Å². The standard InChI is InChI=1S/C23H18Cl2FN5O4/c1-3-16(32)30-7-6-11(9-30)35-21-15(34-2)8-13-17-20(21)29-23(33)31(22(17)28-10-27-13)14-5-4-12(24)18(25)19(14)26/h3-5,8,10-11H,1,6-7,9H2,2H3,(H,29,33). The Morgan fingerprint density at radius 3 is 2.89 bits per heavy atom. The molecule has 0 aliphatic carbocycles. The molecule has 1 N–H and O–H groups in total. The van der Waals surface area contributed by atoms with E-state index in [1.54, 1.807) is 11.0 Å². The number of aromatic nitrogens is 2. The van der Waals surface area contributed by atoms with Crippen molar-refractivity contribution >= 4 is 63.2 Å². The third-order valence-corrected chi connectivity index (χ3v) is 6.64. The molecule has 12 heteroatoms. The van der Waals surface area contributed by atoms with Crippen LogP contribution < -0.4 is 19.7 Å². The molecule has 1 unspecified atom stereocenters. The van der Waals surface area contributed by atoms with E-state index < -0.39 is 11.8 Å². The summed E-state index contributed by atoms with van der Waals surface area (Å²) < 4.78 is 26.8. The molecule has 5 rings (SSSR count). The third kappa shape index (κ3) is 3.78. The van der Waals surface area contributed by atoms with Crippen molar-refractivity contribution in [3.05, 3.63) is 53.0 Å². The highest BCUT2D eigenvalue weighted by molar-refractivity contribution is 6.42. The number of urea groups is 1. The Labute approximate surface area is 209 Å². The molecule has 0 bridgehead atoms. The fourth-order valence-corrected chi connectivity index (χ4v) is 4.52. The van der Waals surface area contributed by atoms with Gasteiger partial charge in [0.25, 0.3) is 0 Å². The molecule has 3 heterocycles. The van der Waals surface area contributed by atoms with E-state index in [0.717, 1.165) is 4.90 Å². The number of carbonyl (C=O) groups is 2. The zero-order valence-corrected chi connectivity index (χ0v) is 19.9. The minimum absolute atomic E-state index is 0.0135. The fourth-order valence-electron chi connectivity index (χ4n) is 4.21. The minimum Gasteiger partial charge on any atom is -0.493 e. The average Bonchev–Trinajstić information content (AvgIpc) is 3.33. The van der Waals surface area contributed by atoms with Crippen LogP contribution in [0.4, 0.5) is 26.4 Å². The molecule has 9 nitrogen and oxygen atoms in total. The van der Waals surface area contributed by atoms with Crippen LogP contribution in [-0.4, -0.2) is 53.1 Å². The second-order valence-corrected chi connectivity index (χ2v) is 8.64. The SMILES string of the molecule is C=CC(=O)N1CCC(Oc2c(OC)cc3ncnc4c3c2NC(=O)N4c2ccc(Cl)c(Cl)c2F)C1. The molecule has 2 aromatic carbocycles. The number of carbonyl (C=O) groups excluding carboxylic acids is 2. The highest BCUT2D eigenvalue weighted by Gasteiger charge is 2.36. The number of nitrogens with zero attached hydrogens (tertiary/aromatic N) is 4. The molecule has 3 aromatic rings. The number of likely N-dealkylation sites (tertiary alicyclic amines) is 1. The predicted octanol–water partition coefficient (Wildman–Crippen LogP) is 4.93. The van der Waals surface area contributed by atoms with Crippen LogP contribution in [0, 0.1) is 5.82 Å². The number of amides is 3. The highest BCUT2D eigenvalue weighted by atomic mass is 35.5. The number of nitrogens with one attached hydrogen (secondary N) is 1. The molecular formula is C23H18Cl2FN5O4. The van der Waals surface area contributed by atoms with Crippen LogP contribution in [-0.2, 0) is 4.79 Å². The van der Waals surface area contributed by atoms with Crippen LogP contribution in [0.1, 0.15) is 6.42 Å². The van der Waals surface area contributed by atoms with E-state index in [-0.39, 0.29) is 45.0 Å². The Morgan fingerprint density at radius 1 is 1.34 bits per heavy atom. The smallest absolute Gasteiger partial charge is 0.332 e. The topological polar surface area (TPSA) is 96.9 Å². The van der Waals surface area contributed by atoms with E-state index in [4.69, 9.17) is 32.7 Å². The maximum absolute atomic E-state index is 15.0. The van der Waals surface area contributed by atoms with E-state index in [0.29, 0.717) is 36.2 Å². The molecule has 3 amide bonds. The monoisotopic (exact) mass is 517 g/mol. The Kier molecular flexibility index (Phi) is 5.86. The largest absolute Gasteiger partial charge is 0.493 e. The maximum Gasteiger partial charge on any atom is 0.332 e. The summed E-state index contributed by atoms with van der Waals surface area (Å²) in [7, 11) is 1.47. The third-order valence-electron chi connectivity index (χ3n) is 5.86. The van der Waals surface area contributed by atoms with Gasteiger partial charge in [0, 0.05) is 19.0 Å². The summed E-state index contributed by atoms with van der Waals surface area (Å²) in [6.45, 7) is 4.37. The van der Waals surface area contributed by atoms with Crippen LogP contribution in [0.3, 0.4) is 0 Å². The number of rotatable bonds is 5. The molecule has 180 valence electrons. The van der Waals surface area contributed by atoms with Crippen LogP contribution in [0.25, 0.3) is 10.9 Å². The number of hydrogen-bond donors (Lipinski definition) is 1. The summed E-state index contributed by atoms with van der Waals surface area (Å²) in [5, 5.41) is 2.88. The van der Waals surface area contributed by atoms with Crippen LogP contribution in [0.2, 0.25) is 10.0 Å². The van der Waals surface area contributed by atoms with Crippen LogP contribution in [0.15, 0.2) is 37.2 Å². The van der Waals surface area contributed by atoms with Crippen molar-refractivity contribution in [2.75, 3.05) is 30.4 Å². The lowest BCUT2D eigenvalue weighted by molar-refractivity contribution is -0.125. The van der Waals surface area contributed by atoms with Crippen molar-refractivity contribution in [2.45, 2.75) is 12.5 Å². The normalized spacial score (nSPS) is 16.9.